The van der Waals surface area contributed by atoms with Crippen molar-refractivity contribution in [3.63, 3.8) is 0 Å². The highest BCUT2D eigenvalue weighted by molar-refractivity contribution is 5.80. The molecule has 0 radical (unpaired) electrons. The van der Waals surface area contributed by atoms with Gasteiger partial charge in [-0.15, -0.1) is 0 Å². The molecule has 4 heteroatoms. The number of anilines is 2. The number of rotatable bonds is 4. The Bertz CT molecular complexity index is 319. The molecule has 0 bridgehead atoms. The van der Waals surface area contributed by atoms with E-state index in [1.807, 2.05) is 26.0 Å². The zero-order valence-electron chi connectivity index (χ0n) is 9.08. The summed E-state index contributed by atoms with van der Waals surface area (Å²) in [5, 5.41) is 5.81. The van der Waals surface area contributed by atoms with E-state index in [0.29, 0.717) is 5.69 Å². The molecule has 1 aromatic carbocycles. The molecule has 0 saturated heterocycles. The van der Waals surface area contributed by atoms with E-state index in [4.69, 9.17) is 5.73 Å². The van der Waals surface area contributed by atoms with E-state index in [-0.39, 0.29) is 18.5 Å². The maximum atomic E-state index is 11.3. The number of benzene rings is 1. The van der Waals surface area contributed by atoms with Crippen molar-refractivity contribution in [1.29, 1.82) is 0 Å². The molecule has 0 unspecified atom stereocenters. The third kappa shape index (κ3) is 4.35. The molecule has 0 saturated carbocycles. The van der Waals surface area contributed by atoms with Crippen LogP contribution in [0.15, 0.2) is 24.3 Å². The first-order valence-electron chi connectivity index (χ1n) is 4.96. The van der Waals surface area contributed by atoms with Crippen molar-refractivity contribution in [3.8, 4) is 0 Å². The highest BCUT2D eigenvalue weighted by Crippen LogP contribution is 2.09. The largest absolute Gasteiger partial charge is 0.399 e. The lowest BCUT2D eigenvalue weighted by Gasteiger charge is -2.09. The lowest BCUT2D eigenvalue weighted by Crippen LogP contribution is -2.34. The molecule has 0 spiro atoms. The molecule has 4 nitrogen and oxygen atoms in total. The number of nitrogens with two attached hydrogens (primary N) is 1. The zero-order valence-corrected chi connectivity index (χ0v) is 9.08. The predicted octanol–water partition coefficient (Wildman–Crippen LogP) is 1.21. The summed E-state index contributed by atoms with van der Waals surface area (Å²) < 4.78 is 0. The molecule has 0 aliphatic heterocycles. The molecule has 0 fully saturated rings. The molecule has 1 amide bonds. The minimum absolute atomic E-state index is 0.0122. The second-order valence-corrected chi connectivity index (χ2v) is 3.70. The van der Waals surface area contributed by atoms with E-state index in [1.54, 1.807) is 12.1 Å². The van der Waals surface area contributed by atoms with E-state index >= 15 is 0 Å². The third-order valence-electron chi connectivity index (χ3n) is 1.81. The molecular formula is C11H17N3O. The monoisotopic (exact) mass is 207 g/mol. The number of hydrogen-bond acceptors (Lipinski definition) is 3. The Balaban J connectivity index is 2.37. The third-order valence-corrected chi connectivity index (χ3v) is 1.81. The first-order chi connectivity index (χ1) is 7.08. The minimum atomic E-state index is -0.0122. The fraction of sp³-hybridized carbons (Fsp3) is 0.364. The van der Waals surface area contributed by atoms with Gasteiger partial charge in [-0.25, -0.2) is 0 Å². The second-order valence-electron chi connectivity index (χ2n) is 3.70. The topological polar surface area (TPSA) is 67.2 Å². The number of carbonyl (C=O) groups excluding carboxylic acids is 1. The van der Waals surface area contributed by atoms with Gasteiger partial charge in [-0.05, 0) is 38.1 Å². The van der Waals surface area contributed by atoms with Gasteiger partial charge < -0.3 is 16.4 Å². The predicted molar refractivity (Wildman–Crippen MR) is 62.6 cm³/mol. The smallest absolute Gasteiger partial charge is 0.239 e. The standard InChI is InChI=1S/C11H17N3O/c1-8(2)14-11(15)7-13-10-5-3-9(12)4-6-10/h3-6,8,13H,7,12H2,1-2H3,(H,14,15). The van der Waals surface area contributed by atoms with Crippen LogP contribution in [0, 0.1) is 0 Å². The van der Waals surface area contributed by atoms with Crippen LogP contribution >= 0.6 is 0 Å². The highest BCUT2D eigenvalue weighted by Gasteiger charge is 2.01. The van der Waals surface area contributed by atoms with Crippen molar-refractivity contribution in [1.82, 2.24) is 5.32 Å². The molecular weight excluding hydrogens is 190 g/mol. The van der Waals surface area contributed by atoms with Crippen LogP contribution in [0.5, 0.6) is 0 Å². The van der Waals surface area contributed by atoms with Gasteiger partial charge in [0.05, 0.1) is 6.54 Å². The van der Waals surface area contributed by atoms with Crippen LogP contribution in [0.25, 0.3) is 0 Å². The van der Waals surface area contributed by atoms with E-state index in [9.17, 15) is 4.79 Å². The maximum absolute atomic E-state index is 11.3. The van der Waals surface area contributed by atoms with Crippen LogP contribution in [-0.2, 0) is 4.79 Å². The summed E-state index contributed by atoms with van der Waals surface area (Å²) in [6.45, 7) is 4.14. The lowest BCUT2D eigenvalue weighted by molar-refractivity contribution is -0.119. The first-order valence-corrected chi connectivity index (χ1v) is 4.96. The summed E-state index contributed by atoms with van der Waals surface area (Å²) >= 11 is 0. The number of nitrogens with one attached hydrogen (secondary N) is 2. The fourth-order valence-corrected chi connectivity index (χ4v) is 1.16. The van der Waals surface area contributed by atoms with Gasteiger partial charge in [0.1, 0.15) is 0 Å². The van der Waals surface area contributed by atoms with Crippen LogP contribution in [0.4, 0.5) is 11.4 Å². The number of carbonyl (C=O) groups is 1. The summed E-state index contributed by atoms with van der Waals surface area (Å²) in [5.74, 6) is -0.0122. The lowest BCUT2D eigenvalue weighted by atomic mass is 10.3. The number of amides is 1. The molecule has 1 aromatic rings. The van der Waals surface area contributed by atoms with Crippen molar-refractivity contribution in [2.75, 3.05) is 17.6 Å². The van der Waals surface area contributed by atoms with Gasteiger partial charge in [-0.1, -0.05) is 0 Å². The molecule has 4 N–H and O–H groups in total. The molecule has 0 heterocycles. The van der Waals surface area contributed by atoms with E-state index in [0.717, 1.165) is 5.69 Å². The average molecular weight is 207 g/mol. The van der Waals surface area contributed by atoms with Gasteiger partial charge in [-0.3, -0.25) is 4.79 Å². The van der Waals surface area contributed by atoms with Gasteiger partial charge >= 0.3 is 0 Å². The normalized spacial score (nSPS) is 10.1. The highest BCUT2D eigenvalue weighted by atomic mass is 16.1. The Morgan fingerprint density at radius 2 is 1.93 bits per heavy atom. The van der Waals surface area contributed by atoms with E-state index in [1.165, 1.54) is 0 Å². The Labute approximate surface area is 89.9 Å². The Morgan fingerprint density at radius 1 is 1.33 bits per heavy atom. The van der Waals surface area contributed by atoms with E-state index in [2.05, 4.69) is 10.6 Å². The van der Waals surface area contributed by atoms with Gasteiger partial charge in [0, 0.05) is 17.4 Å². The average Bonchev–Trinajstić information content (AvgIpc) is 2.16. The maximum Gasteiger partial charge on any atom is 0.239 e. The van der Waals surface area contributed by atoms with Crippen LogP contribution < -0.4 is 16.4 Å². The molecule has 0 aliphatic carbocycles. The molecule has 1 rings (SSSR count). The first kappa shape index (κ1) is 11.4. The minimum Gasteiger partial charge on any atom is -0.399 e. The zero-order chi connectivity index (χ0) is 11.3. The SMILES string of the molecule is CC(C)NC(=O)CNc1ccc(N)cc1. The van der Waals surface area contributed by atoms with Crippen LogP contribution in [0.1, 0.15) is 13.8 Å². The van der Waals surface area contributed by atoms with E-state index < -0.39 is 0 Å². The van der Waals surface area contributed by atoms with Crippen LogP contribution in [0.3, 0.4) is 0 Å². The molecule has 0 atom stereocenters. The number of hydrogen-bond donors (Lipinski definition) is 3. The van der Waals surface area contributed by atoms with Gasteiger partial charge in [-0.2, -0.15) is 0 Å². The summed E-state index contributed by atoms with van der Waals surface area (Å²) in [7, 11) is 0. The van der Waals surface area contributed by atoms with Crippen molar-refractivity contribution in [2.45, 2.75) is 19.9 Å². The second kappa shape index (κ2) is 5.24. The van der Waals surface area contributed by atoms with Crippen molar-refractivity contribution < 1.29 is 4.79 Å². The van der Waals surface area contributed by atoms with Crippen molar-refractivity contribution in [2.24, 2.45) is 0 Å². The van der Waals surface area contributed by atoms with Crippen LogP contribution in [0.2, 0.25) is 0 Å². The fourth-order valence-electron chi connectivity index (χ4n) is 1.16. The van der Waals surface area contributed by atoms with Crippen molar-refractivity contribution in [3.05, 3.63) is 24.3 Å². The molecule has 0 aliphatic rings. The van der Waals surface area contributed by atoms with Gasteiger partial charge in [0.2, 0.25) is 5.91 Å². The Morgan fingerprint density at radius 3 is 2.47 bits per heavy atom. The molecule has 15 heavy (non-hydrogen) atoms. The Kier molecular flexibility index (Phi) is 3.97. The quantitative estimate of drug-likeness (QED) is 0.650. The summed E-state index contributed by atoms with van der Waals surface area (Å²) in [6.07, 6.45) is 0. The van der Waals surface area contributed by atoms with Gasteiger partial charge in [0.15, 0.2) is 0 Å². The molecule has 0 aromatic heterocycles. The van der Waals surface area contributed by atoms with Gasteiger partial charge in [0.25, 0.3) is 0 Å². The van der Waals surface area contributed by atoms with Crippen LogP contribution in [-0.4, -0.2) is 18.5 Å². The van der Waals surface area contributed by atoms with Crippen molar-refractivity contribution >= 4 is 17.3 Å². The Hall–Kier alpha value is -1.71. The molecule has 82 valence electrons. The number of nitrogen functional groups attached to an aromatic ring is 1. The summed E-state index contributed by atoms with van der Waals surface area (Å²) in [4.78, 5) is 11.3. The summed E-state index contributed by atoms with van der Waals surface area (Å²) in [5.41, 5.74) is 7.15. The summed E-state index contributed by atoms with van der Waals surface area (Å²) in [6, 6.07) is 7.45.